The molecular formula is C14H23NOS. The third-order valence-electron chi connectivity index (χ3n) is 3.17. The molecule has 0 saturated carbocycles. The van der Waals surface area contributed by atoms with E-state index in [9.17, 15) is 5.11 Å². The Morgan fingerprint density at radius 1 is 1.24 bits per heavy atom. The molecule has 0 aliphatic heterocycles. The van der Waals surface area contributed by atoms with E-state index in [4.69, 9.17) is 5.73 Å². The molecule has 0 heterocycles. The van der Waals surface area contributed by atoms with Gasteiger partial charge in [-0.25, -0.2) is 0 Å². The molecular weight excluding hydrogens is 230 g/mol. The fourth-order valence-electron chi connectivity index (χ4n) is 1.46. The van der Waals surface area contributed by atoms with E-state index in [-0.39, 0.29) is 6.61 Å². The largest absolute Gasteiger partial charge is 0.394 e. The highest BCUT2D eigenvalue weighted by molar-refractivity contribution is 7.99. The van der Waals surface area contributed by atoms with Crippen LogP contribution in [0, 0.1) is 5.92 Å². The monoisotopic (exact) mass is 253 g/mol. The molecule has 3 heteroatoms. The normalized spacial score (nSPS) is 16.8. The van der Waals surface area contributed by atoms with Crippen LogP contribution in [0.25, 0.3) is 0 Å². The van der Waals surface area contributed by atoms with Crippen molar-refractivity contribution >= 4 is 11.8 Å². The van der Waals surface area contributed by atoms with Crippen LogP contribution in [0.3, 0.4) is 0 Å². The Hall–Kier alpha value is -0.510. The van der Waals surface area contributed by atoms with Crippen LogP contribution >= 0.6 is 11.8 Å². The molecule has 0 aliphatic carbocycles. The Kier molecular flexibility index (Phi) is 5.50. The van der Waals surface area contributed by atoms with Crippen LogP contribution < -0.4 is 5.73 Å². The van der Waals surface area contributed by atoms with E-state index in [0.717, 1.165) is 11.3 Å². The van der Waals surface area contributed by atoms with Crippen LogP contribution in [0.5, 0.6) is 0 Å². The van der Waals surface area contributed by atoms with Crippen molar-refractivity contribution in [3.8, 4) is 0 Å². The summed E-state index contributed by atoms with van der Waals surface area (Å²) in [6, 6.07) is 9.85. The van der Waals surface area contributed by atoms with Crippen LogP contribution in [0.4, 0.5) is 0 Å². The Balaban J connectivity index is 2.70. The first-order valence-electron chi connectivity index (χ1n) is 6.06. The van der Waals surface area contributed by atoms with Crippen molar-refractivity contribution in [3.05, 3.63) is 35.9 Å². The van der Waals surface area contributed by atoms with Gasteiger partial charge in [-0.3, -0.25) is 0 Å². The van der Waals surface area contributed by atoms with Gasteiger partial charge in [-0.05, 0) is 11.5 Å². The lowest BCUT2D eigenvalue weighted by Gasteiger charge is -2.29. The smallest absolute Gasteiger partial charge is 0.0735 e. The maximum atomic E-state index is 9.55. The number of hydrogen-bond acceptors (Lipinski definition) is 3. The molecule has 0 amide bonds. The SMILES string of the molecule is CC(C)C(C)SCC(N)(CO)c1ccccc1. The third-order valence-corrected chi connectivity index (χ3v) is 4.93. The minimum Gasteiger partial charge on any atom is -0.394 e. The summed E-state index contributed by atoms with van der Waals surface area (Å²) in [4.78, 5) is 0. The van der Waals surface area contributed by atoms with Crippen molar-refractivity contribution in [1.82, 2.24) is 0 Å². The fraction of sp³-hybridized carbons (Fsp3) is 0.571. The van der Waals surface area contributed by atoms with Gasteiger partial charge in [0.05, 0.1) is 12.1 Å². The molecule has 0 spiro atoms. The molecule has 2 atom stereocenters. The summed E-state index contributed by atoms with van der Waals surface area (Å²) >= 11 is 1.83. The predicted molar refractivity (Wildman–Crippen MR) is 76.2 cm³/mol. The molecule has 1 aromatic carbocycles. The number of nitrogens with two attached hydrogens (primary N) is 1. The summed E-state index contributed by atoms with van der Waals surface area (Å²) in [5.74, 6) is 1.37. The van der Waals surface area contributed by atoms with E-state index in [1.54, 1.807) is 0 Å². The van der Waals surface area contributed by atoms with Gasteiger partial charge in [-0.15, -0.1) is 0 Å². The average Bonchev–Trinajstić information content (AvgIpc) is 2.36. The van der Waals surface area contributed by atoms with Gasteiger partial charge in [-0.1, -0.05) is 51.1 Å². The lowest BCUT2D eigenvalue weighted by molar-refractivity contribution is 0.213. The van der Waals surface area contributed by atoms with Gasteiger partial charge in [0.2, 0.25) is 0 Å². The molecule has 0 bridgehead atoms. The number of aliphatic hydroxyl groups is 1. The van der Waals surface area contributed by atoms with Gasteiger partial charge in [0, 0.05) is 11.0 Å². The van der Waals surface area contributed by atoms with Crippen molar-refractivity contribution in [1.29, 1.82) is 0 Å². The van der Waals surface area contributed by atoms with Gasteiger partial charge in [-0.2, -0.15) is 11.8 Å². The maximum absolute atomic E-state index is 9.55. The molecule has 1 rings (SSSR count). The zero-order valence-electron chi connectivity index (χ0n) is 10.9. The quantitative estimate of drug-likeness (QED) is 0.819. The molecule has 0 fully saturated rings. The minimum atomic E-state index is -0.630. The van der Waals surface area contributed by atoms with Gasteiger partial charge in [0.1, 0.15) is 0 Å². The van der Waals surface area contributed by atoms with E-state index in [2.05, 4.69) is 20.8 Å². The number of hydrogen-bond donors (Lipinski definition) is 2. The summed E-state index contributed by atoms with van der Waals surface area (Å²) < 4.78 is 0. The fourth-order valence-corrected chi connectivity index (χ4v) is 2.67. The molecule has 2 nitrogen and oxygen atoms in total. The maximum Gasteiger partial charge on any atom is 0.0735 e. The average molecular weight is 253 g/mol. The number of thioether (sulfide) groups is 1. The van der Waals surface area contributed by atoms with Gasteiger partial charge < -0.3 is 10.8 Å². The number of aliphatic hydroxyl groups excluding tert-OH is 1. The van der Waals surface area contributed by atoms with E-state index >= 15 is 0 Å². The molecule has 3 N–H and O–H groups in total. The lowest BCUT2D eigenvalue weighted by atomic mass is 9.94. The first-order chi connectivity index (χ1) is 7.99. The summed E-state index contributed by atoms with van der Waals surface area (Å²) in [7, 11) is 0. The van der Waals surface area contributed by atoms with E-state index < -0.39 is 5.54 Å². The second-order valence-electron chi connectivity index (χ2n) is 4.94. The second-order valence-corrected chi connectivity index (χ2v) is 6.31. The first kappa shape index (κ1) is 14.6. The van der Waals surface area contributed by atoms with E-state index in [1.165, 1.54) is 0 Å². The highest BCUT2D eigenvalue weighted by Gasteiger charge is 2.27. The standard InChI is InChI=1S/C14H23NOS/c1-11(2)12(3)17-10-14(15,9-16)13-7-5-4-6-8-13/h4-8,11-12,16H,9-10,15H2,1-3H3. The Morgan fingerprint density at radius 3 is 2.29 bits per heavy atom. The van der Waals surface area contributed by atoms with Crippen molar-refractivity contribution in [2.24, 2.45) is 11.7 Å². The topological polar surface area (TPSA) is 46.2 Å². The molecule has 1 aromatic rings. The van der Waals surface area contributed by atoms with Crippen LogP contribution in [0.15, 0.2) is 30.3 Å². The van der Waals surface area contributed by atoms with Crippen LogP contribution in [-0.4, -0.2) is 22.7 Å². The lowest BCUT2D eigenvalue weighted by Crippen LogP contribution is -2.43. The highest BCUT2D eigenvalue weighted by atomic mass is 32.2. The van der Waals surface area contributed by atoms with Crippen molar-refractivity contribution < 1.29 is 5.11 Å². The Bertz CT molecular complexity index is 328. The van der Waals surface area contributed by atoms with Gasteiger partial charge in [0.15, 0.2) is 0 Å². The molecule has 96 valence electrons. The highest BCUT2D eigenvalue weighted by Crippen LogP contribution is 2.27. The van der Waals surface area contributed by atoms with Crippen LogP contribution in [0.1, 0.15) is 26.3 Å². The summed E-state index contributed by atoms with van der Waals surface area (Å²) in [6.07, 6.45) is 0. The van der Waals surface area contributed by atoms with Gasteiger partial charge in [0.25, 0.3) is 0 Å². The van der Waals surface area contributed by atoms with Crippen molar-refractivity contribution in [2.75, 3.05) is 12.4 Å². The van der Waals surface area contributed by atoms with E-state index in [1.807, 2.05) is 42.1 Å². The molecule has 0 saturated heterocycles. The van der Waals surface area contributed by atoms with Crippen molar-refractivity contribution in [2.45, 2.75) is 31.6 Å². The van der Waals surface area contributed by atoms with Crippen molar-refractivity contribution in [3.63, 3.8) is 0 Å². The molecule has 0 radical (unpaired) electrons. The second kappa shape index (κ2) is 6.43. The van der Waals surface area contributed by atoms with E-state index in [0.29, 0.717) is 11.2 Å². The molecule has 0 aliphatic rings. The molecule has 17 heavy (non-hydrogen) atoms. The minimum absolute atomic E-state index is 0.0190. The van der Waals surface area contributed by atoms with Crippen LogP contribution in [-0.2, 0) is 5.54 Å². The predicted octanol–water partition coefficient (Wildman–Crippen LogP) is 2.61. The summed E-state index contributed by atoms with van der Waals surface area (Å²) in [6.45, 7) is 6.60. The zero-order chi connectivity index (χ0) is 12.9. The summed E-state index contributed by atoms with van der Waals surface area (Å²) in [5, 5.41) is 10.1. The molecule has 2 unspecified atom stereocenters. The number of rotatable bonds is 6. The first-order valence-corrected chi connectivity index (χ1v) is 7.11. The van der Waals surface area contributed by atoms with Gasteiger partial charge >= 0.3 is 0 Å². The molecule has 0 aromatic heterocycles. The third kappa shape index (κ3) is 4.02. The zero-order valence-corrected chi connectivity index (χ0v) is 11.7. The Labute approximate surface area is 109 Å². The van der Waals surface area contributed by atoms with Crippen LogP contribution in [0.2, 0.25) is 0 Å². The Morgan fingerprint density at radius 2 is 1.82 bits per heavy atom. The number of benzene rings is 1. The summed E-state index contributed by atoms with van der Waals surface area (Å²) in [5.41, 5.74) is 6.67.